The van der Waals surface area contributed by atoms with Crippen LogP contribution in [0.2, 0.25) is 5.02 Å². The summed E-state index contributed by atoms with van der Waals surface area (Å²) in [5.41, 5.74) is 3.17. The SMILES string of the molecule is COc1ccc(Oc2ccc(Cl)cc2NC(=O)COc2ccc3c(c2)CCCC3)cc1. The second-order valence-electron chi connectivity index (χ2n) is 7.39. The zero-order chi connectivity index (χ0) is 21.6. The van der Waals surface area contributed by atoms with Gasteiger partial charge in [0.15, 0.2) is 12.4 Å². The minimum absolute atomic E-state index is 0.104. The highest BCUT2D eigenvalue weighted by Crippen LogP contribution is 2.33. The van der Waals surface area contributed by atoms with E-state index in [2.05, 4.69) is 11.4 Å². The molecule has 6 heteroatoms. The van der Waals surface area contributed by atoms with Crippen molar-refractivity contribution in [2.45, 2.75) is 25.7 Å². The molecule has 0 bridgehead atoms. The quantitative estimate of drug-likeness (QED) is 0.489. The number of aryl methyl sites for hydroxylation is 2. The molecular weight excluding hydrogens is 414 g/mol. The lowest BCUT2D eigenvalue weighted by Gasteiger charge is -2.17. The standard InChI is InChI=1S/C25H24ClNO4/c1-29-20-9-11-21(12-10-20)31-24-13-7-19(26)15-23(24)27-25(28)16-30-22-8-6-17-4-2-3-5-18(17)14-22/h6-15H,2-5,16H2,1H3,(H,27,28). The lowest BCUT2D eigenvalue weighted by atomic mass is 9.92. The van der Waals surface area contributed by atoms with Crippen LogP contribution in [0.4, 0.5) is 5.69 Å². The van der Waals surface area contributed by atoms with Gasteiger partial charge in [0.1, 0.15) is 17.2 Å². The van der Waals surface area contributed by atoms with E-state index in [0.29, 0.717) is 28.0 Å². The van der Waals surface area contributed by atoms with Gasteiger partial charge in [-0.1, -0.05) is 17.7 Å². The molecule has 0 radical (unpaired) electrons. The summed E-state index contributed by atoms with van der Waals surface area (Å²) in [6.45, 7) is -0.104. The fourth-order valence-electron chi connectivity index (χ4n) is 3.59. The molecule has 4 rings (SSSR count). The van der Waals surface area contributed by atoms with E-state index in [4.69, 9.17) is 25.8 Å². The van der Waals surface area contributed by atoms with E-state index in [0.717, 1.165) is 18.6 Å². The number of methoxy groups -OCH3 is 1. The summed E-state index contributed by atoms with van der Waals surface area (Å²) in [6.07, 6.45) is 4.61. The largest absolute Gasteiger partial charge is 0.497 e. The summed E-state index contributed by atoms with van der Waals surface area (Å²) in [5.74, 6) is 2.24. The van der Waals surface area contributed by atoms with E-state index >= 15 is 0 Å². The number of fused-ring (bicyclic) bond motifs is 1. The maximum absolute atomic E-state index is 12.5. The lowest BCUT2D eigenvalue weighted by Crippen LogP contribution is -2.20. The van der Waals surface area contributed by atoms with Crippen molar-refractivity contribution < 1.29 is 19.0 Å². The van der Waals surface area contributed by atoms with Gasteiger partial charge in [0.05, 0.1) is 12.8 Å². The number of carbonyl (C=O) groups excluding carboxylic acids is 1. The van der Waals surface area contributed by atoms with Gasteiger partial charge in [0.25, 0.3) is 5.91 Å². The van der Waals surface area contributed by atoms with Crippen molar-refractivity contribution in [2.75, 3.05) is 19.0 Å². The third kappa shape index (κ3) is 5.50. The van der Waals surface area contributed by atoms with Gasteiger partial charge in [-0.15, -0.1) is 0 Å². The number of halogens is 1. The van der Waals surface area contributed by atoms with Crippen LogP contribution < -0.4 is 19.5 Å². The maximum atomic E-state index is 12.5. The number of hydrogen-bond acceptors (Lipinski definition) is 4. The number of benzene rings is 3. The van der Waals surface area contributed by atoms with Gasteiger partial charge >= 0.3 is 0 Å². The predicted octanol–water partition coefficient (Wildman–Crippen LogP) is 6.04. The molecule has 160 valence electrons. The Balaban J connectivity index is 1.40. The van der Waals surface area contributed by atoms with E-state index in [1.807, 2.05) is 12.1 Å². The summed E-state index contributed by atoms with van der Waals surface area (Å²) < 4.78 is 16.8. The summed E-state index contributed by atoms with van der Waals surface area (Å²) >= 11 is 6.13. The smallest absolute Gasteiger partial charge is 0.262 e. The van der Waals surface area contributed by atoms with Crippen molar-refractivity contribution in [2.24, 2.45) is 0 Å². The molecule has 0 unspecified atom stereocenters. The summed E-state index contributed by atoms with van der Waals surface area (Å²) in [6, 6.07) is 18.3. The first-order valence-electron chi connectivity index (χ1n) is 10.3. The number of anilines is 1. The van der Waals surface area contributed by atoms with Crippen LogP contribution in [0.5, 0.6) is 23.0 Å². The molecule has 3 aromatic carbocycles. The highest BCUT2D eigenvalue weighted by molar-refractivity contribution is 6.31. The van der Waals surface area contributed by atoms with Gasteiger partial charge in [-0.2, -0.15) is 0 Å². The molecule has 1 N–H and O–H groups in total. The van der Waals surface area contributed by atoms with Crippen LogP contribution in [0, 0.1) is 0 Å². The first kappa shape index (κ1) is 21.1. The van der Waals surface area contributed by atoms with Gasteiger partial charge in [-0.3, -0.25) is 4.79 Å². The molecule has 0 aromatic heterocycles. The molecule has 0 fully saturated rings. The molecule has 31 heavy (non-hydrogen) atoms. The molecule has 1 aliphatic rings. The van der Waals surface area contributed by atoms with Crippen molar-refractivity contribution in [3.63, 3.8) is 0 Å². The van der Waals surface area contributed by atoms with Crippen molar-refractivity contribution >= 4 is 23.2 Å². The zero-order valence-electron chi connectivity index (χ0n) is 17.3. The van der Waals surface area contributed by atoms with Gasteiger partial charge < -0.3 is 19.5 Å². The first-order valence-corrected chi connectivity index (χ1v) is 10.6. The van der Waals surface area contributed by atoms with E-state index in [1.54, 1.807) is 49.6 Å². The Morgan fingerprint density at radius 3 is 2.39 bits per heavy atom. The molecule has 0 spiro atoms. The zero-order valence-corrected chi connectivity index (χ0v) is 18.1. The number of nitrogens with one attached hydrogen (secondary N) is 1. The number of amides is 1. The number of carbonyl (C=O) groups is 1. The van der Waals surface area contributed by atoms with E-state index < -0.39 is 0 Å². The Hall–Kier alpha value is -3.18. The van der Waals surface area contributed by atoms with Crippen LogP contribution in [-0.4, -0.2) is 19.6 Å². The molecule has 5 nitrogen and oxygen atoms in total. The molecular formula is C25H24ClNO4. The van der Waals surface area contributed by atoms with E-state index in [9.17, 15) is 4.79 Å². The average Bonchev–Trinajstić information content (AvgIpc) is 2.80. The second kappa shape index (κ2) is 9.75. The molecule has 0 saturated heterocycles. The first-order chi connectivity index (χ1) is 15.1. The molecule has 0 aliphatic heterocycles. The summed E-state index contributed by atoms with van der Waals surface area (Å²) in [5, 5.41) is 3.32. The fourth-order valence-corrected chi connectivity index (χ4v) is 3.77. The van der Waals surface area contributed by atoms with Crippen LogP contribution in [0.3, 0.4) is 0 Å². The Morgan fingerprint density at radius 2 is 1.61 bits per heavy atom. The fraction of sp³-hybridized carbons (Fsp3) is 0.240. The minimum atomic E-state index is -0.292. The Morgan fingerprint density at radius 1 is 0.903 bits per heavy atom. The summed E-state index contributed by atoms with van der Waals surface area (Å²) in [7, 11) is 1.61. The maximum Gasteiger partial charge on any atom is 0.262 e. The Kier molecular flexibility index (Phi) is 6.63. The molecule has 1 amide bonds. The molecule has 0 atom stereocenters. The van der Waals surface area contributed by atoms with E-state index in [1.165, 1.54) is 24.0 Å². The van der Waals surface area contributed by atoms with Crippen molar-refractivity contribution in [1.82, 2.24) is 0 Å². The van der Waals surface area contributed by atoms with Crippen LogP contribution in [-0.2, 0) is 17.6 Å². The second-order valence-corrected chi connectivity index (χ2v) is 7.83. The number of rotatable bonds is 7. The predicted molar refractivity (Wildman–Crippen MR) is 122 cm³/mol. The van der Waals surface area contributed by atoms with Gasteiger partial charge in [-0.25, -0.2) is 0 Å². The third-order valence-electron chi connectivity index (χ3n) is 5.19. The molecule has 0 saturated carbocycles. The van der Waals surface area contributed by atoms with Gasteiger partial charge in [-0.05, 0) is 91.4 Å². The number of ether oxygens (including phenoxy) is 3. The highest BCUT2D eigenvalue weighted by Gasteiger charge is 2.13. The molecule has 1 aliphatic carbocycles. The average molecular weight is 438 g/mol. The Labute approximate surface area is 186 Å². The Bertz CT molecular complexity index is 1070. The highest BCUT2D eigenvalue weighted by atomic mass is 35.5. The molecule has 3 aromatic rings. The van der Waals surface area contributed by atoms with Gasteiger partial charge in [0, 0.05) is 5.02 Å². The monoisotopic (exact) mass is 437 g/mol. The number of hydrogen-bond donors (Lipinski definition) is 1. The van der Waals surface area contributed by atoms with Crippen LogP contribution >= 0.6 is 11.6 Å². The normalized spacial score (nSPS) is 12.6. The van der Waals surface area contributed by atoms with Gasteiger partial charge in [0.2, 0.25) is 0 Å². The topological polar surface area (TPSA) is 56.8 Å². The van der Waals surface area contributed by atoms with E-state index in [-0.39, 0.29) is 12.5 Å². The van der Waals surface area contributed by atoms with Crippen molar-refractivity contribution in [1.29, 1.82) is 0 Å². The minimum Gasteiger partial charge on any atom is -0.497 e. The van der Waals surface area contributed by atoms with Crippen molar-refractivity contribution in [3.05, 3.63) is 76.8 Å². The summed E-state index contributed by atoms with van der Waals surface area (Å²) in [4.78, 5) is 12.5. The van der Waals surface area contributed by atoms with Crippen molar-refractivity contribution in [3.8, 4) is 23.0 Å². The van der Waals surface area contributed by atoms with Crippen LogP contribution in [0.25, 0.3) is 0 Å². The third-order valence-corrected chi connectivity index (χ3v) is 5.43. The van der Waals surface area contributed by atoms with Crippen LogP contribution in [0.15, 0.2) is 60.7 Å². The lowest BCUT2D eigenvalue weighted by molar-refractivity contribution is -0.118. The molecule has 0 heterocycles. The van der Waals surface area contributed by atoms with Crippen LogP contribution in [0.1, 0.15) is 24.0 Å².